The van der Waals surface area contributed by atoms with Gasteiger partial charge in [0.25, 0.3) is 0 Å². The van der Waals surface area contributed by atoms with Gasteiger partial charge in [0.2, 0.25) is 0 Å². The topological polar surface area (TPSA) is 12.0 Å². The van der Waals surface area contributed by atoms with Gasteiger partial charge in [0.15, 0.2) is 0 Å². The predicted molar refractivity (Wildman–Crippen MR) is 93.2 cm³/mol. The third-order valence-electron chi connectivity index (χ3n) is 5.12. The molecule has 1 unspecified atom stereocenters. The van der Waals surface area contributed by atoms with Crippen LogP contribution < -0.4 is 5.32 Å². The molecule has 2 aliphatic rings. The number of benzene rings is 1. The van der Waals surface area contributed by atoms with Crippen LogP contribution in [0.25, 0.3) is 0 Å². The van der Waals surface area contributed by atoms with Crippen LogP contribution in [-0.2, 0) is 12.8 Å². The summed E-state index contributed by atoms with van der Waals surface area (Å²) in [7, 11) is 0. The van der Waals surface area contributed by atoms with Gasteiger partial charge in [0.05, 0.1) is 0 Å². The zero-order valence-corrected chi connectivity index (χ0v) is 14.2. The second-order valence-electron chi connectivity index (χ2n) is 6.70. The largest absolute Gasteiger partial charge is 0.313 e. The van der Waals surface area contributed by atoms with Gasteiger partial charge in [0.1, 0.15) is 0 Å². The summed E-state index contributed by atoms with van der Waals surface area (Å²) in [4.78, 5) is 1.48. The van der Waals surface area contributed by atoms with Crippen LogP contribution in [0.2, 0.25) is 0 Å². The van der Waals surface area contributed by atoms with Crippen molar-refractivity contribution in [2.24, 2.45) is 5.92 Å². The van der Waals surface area contributed by atoms with Crippen molar-refractivity contribution in [2.75, 3.05) is 12.3 Å². The first-order valence-electron chi connectivity index (χ1n) is 8.85. The third-order valence-corrected chi connectivity index (χ3v) is 6.24. The standard InChI is InChI=1S/C19H29NS/c1-2-12-20-19(16-6-3-4-7-16)14-21-18-11-10-15-8-5-9-17(15)13-18/h10-11,13,16,19-20H,2-9,12,14H2,1H3. The zero-order valence-electron chi connectivity index (χ0n) is 13.4. The van der Waals surface area contributed by atoms with Crippen LogP contribution in [0.5, 0.6) is 0 Å². The number of fused-ring (bicyclic) bond motifs is 1. The summed E-state index contributed by atoms with van der Waals surface area (Å²) in [5.41, 5.74) is 3.20. The van der Waals surface area contributed by atoms with E-state index in [9.17, 15) is 0 Å². The van der Waals surface area contributed by atoms with Crippen molar-refractivity contribution in [1.82, 2.24) is 5.32 Å². The minimum atomic E-state index is 0.714. The molecule has 0 amide bonds. The van der Waals surface area contributed by atoms with E-state index < -0.39 is 0 Å². The van der Waals surface area contributed by atoms with Gasteiger partial charge in [-0.3, -0.25) is 0 Å². The lowest BCUT2D eigenvalue weighted by Crippen LogP contribution is -2.37. The zero-order chi connectivity index (χ0) is 14.5. The minimum Gasteiger partial charge on any atom is -0.313 e. The summed E-state index contributed by atoms with van der Waals surface area (Å²) < 4.78 is 0. The van der Waals surface area contributed by atoms with Crippen LogP contribution in [0.1, 0.15) is 56.6 Å². The van der Waals surface area contributed by atoms with E-state index in [1.54, 1.807) is 11.1 Å². The van der Waals surface area contributed by atoms with E-state index in [1.165, 1.54) is 68.6 Å². The Kier molecular flexibility index (Phi) is 5.65. The maximum Gasteiger partial charge on any atom is 0.0189 e. The Morgan fingerprint density at radius 3 is 2.76 bits per heavy atom. The molecular weight excluding hydrogens is 274 g/mol. The molecule has 0 aliphatic heterocycles. The van der Waals surface area contributed by atoms with Gasteiger partial charge in [-0.15, -0.1) is 11.8 Å². The molecule has 1 saturated carbocycles. The van der Waals surface area contributed by atoms with Gasteiger partial charge in [-0.2, -0.15) is 0 Å². The van der Waals surface area contributed by atoms with E-state index in [2.05, 4.69) is 42.2 Å². The summed E-state index contributed by atoms with van der Waals surface area (Å²) in [6.07, 6.45) is 10.9. The minimum absolute atomic E-state index is 0.714. The monoisotopic (exact) mass is 303 g/mol. The van der Waals surface area contributed by atoms with Crippen molar-refractivity contribution in [3.05, 3.63) is 29.3 Å². The van der Waals surface area contributed by atoms with Crippen molar-refractivity contribution >= 4 is 11.8 Å². The molecule has 1 atom stereocenters. The highest BCUT2D eigenvalue weighted by atomic mass is 32.2. The van der Waals surface area contributed by atoms with Gasteiger partial charge < -0.3 is 5.32 Å². The predicted octanol–water partition coefficient (Wildman–Crippen LogP) is 4.83. The number of aryl methyl sites for hydroxylation is 2. The molecule has 2 aliphatic carbocycles. The van der Waals surface area contributed by atoms with Gasteiger partial charge >= 0.3 is 0 Å². The molecule has 0 saturated heterocycles. The lowest BCUT2D eigenvalue weighted by atomic mass is 10.00. The van der Waals surface area contributed by atoms with Gasteiger partial charge in [-0.05, 0) is 74.2 Å². The first kappa shape index (κ1) is 15.4. The fraction of sp³-hybridized carbons (Fsp3) is 0.684. The summed E-state index contributed by atoms with van der Waals surface area (Å²) in [5, 5.41) is 3.81. The maximum absolute atomic E-state index is 3.81. The van der Waals surface area contributed by atoms with E-state index in [4.69, 9.17) is 0 Å². The second-order valence-corrected chi connectivity index (χ2v) is 7.79. The molecule has 1 nitrogen and oxygen atoms in total. The average molecular weight is 304 g/mol. The molecule has 1 N–H and O–H groups in total. The molecule has 0 heterocycles. The van der Waals surface area contributed by atoms with Gasteiger partial charge in [-0.25, -0.2) is 0 Å². The smallest absolute Gasteiger partial charge is 0.0189 e. The summed E-state index contributed by atoms with van der Waals surface area (Å²) >= 11 is 2.07. The number of thioether (sulfide) groups is 1. The SMILES string of the molecule is CCCNC(CSc1ccc2c(c1)CCC2)C1CCCC1. The van der Waals surface area contributed by atoms with E-state index in [1.807, 2.05) is 0 Å². The van der Waals surface area contributed by atoms with Crippen molar-refractivity contribution in [3.8, 4) is 0 Å². The molecule has 1 aromatic rings. The highest BCUT2D eigenvalue weighted by Gasteiger charge is 2.24. The van der Waals surface area contributed by atoms with E-state index in [0.29, 0.717) is 6.04 Å². The lowest BCUT2D eigenvalue weighted by molar-refractivity contribution is 0.388. The lowest BCUT2D eigenvalue weighted by Gasteiger charge is -2.24. The Bertz CT molecular complexity index is 451. The number of hydrogen-bond acceptors (Lipinski definition) is 2. The molecule has 1 fully saturated rings. The number of nitrogens with one attached hydrogen (secondary N) is 1. The number of rotatable bonds is 7. The third kappa shape index (κ3) is 4.04. The van der Waals surface area contributed by atoms with Crippen LogP contribution in [0, 0.1) is 5.92 Å². The Hall–Kier alpha value is -0.470. The molecule has 0 bridgehead atoms. The fourth-order valence-corrected chi connectivity index (χ4v) is 5.03. The van der Waals surface area contributed by atoms with Crippen molar-refractivity contribution in [1.29, 1.82) is 0 Å². The van der Waals surface area contributed by atoms with Gasteiger partial charge in [0, 0.05) is 16.7 Å². The van der Waals surface area contributed by atoms with Crippen LogP contribution in [0.3, 0.4) is 0 Å². The van der Waals surface area contributed by atoms with E-state index in [-0.39, 0.29) is 0 Å². The highest BCUT2D eigenvalue weighted by molar-refractivity contribution is 7.99. The number of hydrogen-bond donors (Lipinski definition) is 1. The summed E-state index contributed by atoms with van der Waals surface area (Å²) in [6.45, 7) is 3.44. The molecule has 0 radical (unpaired) electrons. The fourth-order valence-electron chi connectivity index (χ4n) is 3.88. The Morgan fingerprint density at radius 2 is 1.95 bits per heavy atom. The Morgan fingerprint density at radius 1 is 1.14 bits per heavy atom. The van der Waals surface area contributed by atoms with Crippen molar-refractivity contribution in [3.63, 3.8) is 0 Å². The summed E-state index contributed by atoms with van der Waals surface area (Å²) in [6, 6.07) is 7.89. The Labute approximate surface area is 134 Å². The molecule has 0 spiro atoms. The van der Waals surface area contributed by atoms with E-state index >= 15 is 0 Å². The normalized spacial score (nSPS) is 19.9. The van der Waals surface area contributed by atoms with Crippen molar-refractivity contribution < 1.29 is 0 Å². The summed E-state index contributed by atoms with van der Waals surface area (Å²) in [5.74, 6) is 2.15. The molecule has 21 heavy (non-hydrogen) atoms. The van der Waals surface area contributed by atoms with Crippen LogP contribution in [0.4, 0.5) is 0 Å². The van der Waals surface area contributed by atoms with Crippen LogP contribution in [-0.4, -0.2) is 18.3 Å². The van der Waals surface area contributed by atoms with Gasteiger partial charge in [-0.1, -0.05) is 25.8 Å². The van der Waals surface area contributed by atoms with Crippen LogP contribution in [0.15, 0.2) is 23.1 Å². The molecular formula is C19H29NS. The maximum atomic E-state index is 3.81. The first-order valence-corrected chi connectivity index (χ1v) is 9.83. The quantitative estimate of drug-likeness (QED) is 0.724. The molecule has 2 heteroatoms. The second kappa shape index (κ2) is 7.69. The van der Waals surface area contributed by atoms with E-state index in [0.717, 1.165) is 5.92 Å². The average Bonchev–Trinajstić information content (AvgIpc) is 3.18. The first-order chi connectivity index (χ1) is 10.4. The highest BCUT2D eigenvalue weighted by Crippen LogP contribution is 2.32. The van der Waals surface area contributed by atoms with Crippen LogP contribution >= 0.6 is 11.8 Å². The Balaban J connectivity index is 1.57. The molecule has 1 aromatic carbocycles. The molecule has 3 rings (SSSR count). The molecule has 116 valence electrons. The van der Waals surface area contributed by atoms with Crippen molar-refractivity contribution in [2.45, 2.75) is 69.2 Å². The molecule has 0 aromatic heterocycles.